The van der Waals surface area contributed by atoms with Gasteiger partial charge in [-0.15, -0.1) is 0 Å². The lowest BCUT2D eigenvalue weighted by Gasteiger charge is -2.31. The van der Waals surface area contributed by atoms with Crippen LogP contribution in [0.25, 0.3) is 0 Å². The van der Waals surface area contributed by atoms with E-state index in [2.05, 4.69) is 25.7 Å². The first-order valence-corrected chi connectivity index (χ1v) is 12.3. The number of hydrogen-bond donors (Lipinski definition) is 3. The first kappa shape index (κ1) is 24.9. The SMILES string of the molecule is O=C(NC1CCC(OCCN2CCOCC2)CC1)c1[nH]ncc1NC(=O)c1c(Cl)cccc1Cl. The lowest BCUT2D eigenvalue weighted by Crippen LogP contribution is -2.41. The largest absolute Gasteiger partial charge is 0.379 e. The summed E-state index contributed by atoms with van der Waals surface area (Å²) in [5.41, 5.74) is 0.587. The summed E-state index contributed by atoms with van der Waals surface area (Å²) in [6.07, 6.45) is 5.06. The first-order chi connectivity index (χ1) is 16.5. The number of aromatic amines is 1. The van der Waals surface area contributed by atoms with E-state index < -0.39 is 5.91 Å². The predicted octanol–water partition coefficient (Wildman–Crippen LogP) is 3.36. The minimum Gasteiger partial charge on any atom is -0.379 e. The first-order valence-electron chi connectivity index (χ1n) is 11.5. The summed E-state index contributed by atoms with van der Waals surface area (Å²) in [5.74, 6) is -0.837. The molecule has 4 rings (SSSR count). The minimum absolute atomic E-state index is 0.0384. The fraction of sp³-hybridized carbons (Fsp3) is 0.522. The summed E-state index contributed by atoms with van der Waals surface area (Å²) in [4.78, 5) is 27.9. The van der Waals surface area contributed by atoms with Crippen molar-refractivity contribution in [1.82, 2.24) is 20.4 Å². The van der Waals surface area contributed by atoms with Gasteiger partial charge in [-0.1, -0.05) is 29.3 Å². The molecule has 0 radical (unpaired) electrons. The molecule has 1 aromatic heterocycles. The van der Waals surface area contributed by atoms with Gasteiger partial charge in [-0.25, -0.2) is 0 Å². The maximum atomic E-state index is 12.8. The molecule has 2 fully saturated rings. The van der Waals surface area contributed by atoms with Crippen LogP contribution in [0.5, 0.6) is 0 Å². The van der Waals surface area contributed by atoms with E-state index in [1.165, 1.54) is 6.20 Å². The average Bonchev–Trinajstić information content (AvgIpc) is 3.29. The number of anilines is 1. The molecule has 1 saturated heterocycles. The Morgan fingerprint density at radius 3 is 2.53 bits per heavy atom. The van der Waals surface area contributed by atoms with Crippen molar-refractivity contribution >= 4 is 40.7 Å². The Morgan fingerprint density at radius 2 is 1.82 bits per heavy atom. The van der Waals surface area contributed by atoms with Gasteiger partial charge in [0.05, 0.1) is 53.4 Å². The van der Waals surface area contributed by atoms with Gasteiger partial charge in [-0.3, -0.25) is 19.6 Å². The highest BCUT2D eigenvalue weighted by atomic mass is 35.5. The molecule has 0 bridgehead atoms. The van der Waals surface area contributed by atoms with Gasteiger partial charge in [0.2, 0.25) is 0 Å². The smallest absolute Gasteiger partial charge is 0.271 e. The Balaban J connectivity index is 1.23. The minimum atomic E-state index is -0.513. The van der Waals surface area contributed by atoms with Gasteiger partial charge in [0, 0.05) is 25.7 Å². The third-order valence-electron chi connectivity index (χ3n) is 6.18. The van der Waals surface area contributed by atoms with Crippen LogP contribution in [0.4, 0.5) is 5.69 Å². The number of nitrogens with one attached hydrogen (secondary N) is 3. The topological polar surface area (TPSA) is 109 Å². The summed E-state index contributed by atoms with van der Waals surface area (Å²) in [6, 6.07) is 4.85. The van der Waals surface area contributed by atoms with Crippen LogP contribution in [0.15, 0.2) is 24.4 Å². The van der Waals surface area contributed by atoms with Crippen molar-refractivity contribution in [3.05, 3.63) is 45.7 Å². The van der Waals surface area contributed by atoms with Crippen LogP contribution in [0.1, 0.15) is 46.5 Å². The van der Waals surface area contributed by atoms with E-state index in [1.807, 2.05) is 0 Å². The van der Waals surface area contributed by atoms with Gasteiger partial charge in [-0.05, 0) is 37.8 Å². The number of ether oxygens (including phenoxy) is 2. The van der Waals surface area contributed by atoms with Crippen LogP contribution < -0.4 is 10.6 Å². The molecular weight excluding hydrogens is 481 g/mol. The molecule has 9 nitrogen and oxygen atoms in total. The summed E-state index contributed by atoms with van der Waals surface area (Å²) in [6.45, 7) is 5.15. The van der Waals surface area contributed by atoms with E-state index in [-0.39, 0.29) is 45.0 Å². The second-order valence-electron chi connectivity index (χ2n) is 8.48. The van der Waals surface area contributed by atoms with Crippen molar-refractivity contribution in [3.63, 3.8) is 0 Å². The molecule has 1 aliphatic carbocycles. The number of benzene rings is 1. The monoisotopic (exact) mass is 509 g/mol. The molecule has 2 amide bonds. The van der Waals surface area contributed by atoms with E-state index in [1.54, 1.807) is 18.2 Å². The Morgan fingerprint density at radius 1 is 1.12 bits per heavy atom. The van der Waals surface area contributed by atoms with Crippen LogP contribution in [-0.2, 0) is 9.47 Å². The molecule has 11 heteroatoms. The van der Waals surface area contributed by atoms with Crippen molar-refractivity contribution in [1.29, 1.82) is 0 Å². The molecule has 3 N–H and O–H groups in total. The quantitative estimate of drug-likeness (QED) is 0.503. The van der Waals surface area contributed by atoms with Gasteiger partial charge in [0.25, 0.3) is 11.8 Å². The zero-order valence-corrected chi connectivity index (χ0v) is 20.3. The zero-order chi connectivity index (χ0) is 23.9. The van der Waals surface area contributed by atoms with Crippen molar-refractivity contribution in [2.75, 3.05) is 44.8 Å². The number of carbonyl (C=O) groups is 2. The standard InChI is InChI=1S/C23H29Cl2N5O4/c24-17-2-1-3-18(25)20(17)22(31)28-19-14-26-29-21(19)23(32)27-15-4-6-16(7-5-15)34-13-10-30-8-11-33-12-9-30/h1-3,14-16H,4-13H2,(H,26,29)(H,27,32)(H,28,31). The Hall–Kier alpha value is -2.17. The molecule has 2 heterocycles. The van der Waals surface area contributed by atoms with E-state index >= 15 is 0 Å². The molecule has 34 heavy (non-hydrogen) atoms. The normalized spacial score (nSPS) is 21.2. The van der Waals surface area contributed by atoms with Crippen LogP contribution in [0.3, 0.4) is 0 Å². The van der Waals surface area contributed by atoms with Gasteiger partial charge in [0.15, 0.2) is 0 Å². The van der Waals surface area contributed by atoms with E-state index in [4.69, 9.17) is 32.7 Å². The second-order valence-corrected chi connectivity index (χ2v) is 9.30. The highest BCUT2D eigenvalue weighted by molar-refractivity contribution is 6.40. The molecule has 0 unspecified atom stereocenters. The molecule has 2 aromatic rings. The number of hydrogen-bond acceptors (Lipinski definition) is 6. The molecule has 2 aliphatic rings. The summed E-state index contributed by atoms with van der Waals surface area (Å²) >= 11 is 12.2. The third-order valence-corrected chi connectivity index (χ3v) is 6.81. The van der Waals surface area contributed by atoms with Gasteiger partial charge >= 0.3 is 0 Å². The van der Waals surface area contributed by atoms with Crippen LogP contribution >= 0.6 is 23.2 Å². The second kappa shape index (κ2) is 12.0. The summed E-state index contributed by atoms with van der Waals surface area (Å²) in [7, 11) is 0. The molecule has 1 aliphatic heterocycles. The molecular formula is C23H29Cl2N5O4. The number of H-pyrrole nitrogens is 1. The van der Waals surface area contributed by atoms with Crippen molar-refractivity contribution in [2.45, 2.75) is 37.8 Å². The average molecular weight is 510 g/mol. The van der Waals surface area contributed by atoms with Gasteiger partial charge in [-0.2, -0.15) is 5.10 Å². The maximum absolute atomic E-state index is 12.8. The van der Waals surface area contributed by atoms with Crippen LogP contribution in [0.2, 0.25) is 10.0 Å². The number of rotatable bonds is 8. The number of halogens is 2. The maximum Gasteiger partial charge on any atom is 0.271 e. The van der Waals surface area contributed by atoms with Crippen LogP contribution in [0, 0.1) is 0 Å². The number of aromatic nitrogens is 2. The summed E-state index contributed by atoms with van der Waals surface area (Å²) < 4.78 is 11.4. The Bertz CT molecular complexity index is 967. The fourth-order valence-electron chi connectivity index (χ4n) is 4.26. The predicted molar refractivity (Wildman–Crippen MR) is 130 cm³/mol. The van der Waals surface area contributed by atoms with Gasteiger partial charge < -0.3 is 20.1 Å². The lowest BCUT2D eigenvalue weighted by molar-refractivity contribution is -0.0108. The zero-order valence-electron chi connectivity index (χ0n) is 18.8. The molecule has 1 aromatic carbocycles. The molecule has 0 atom stereocenters. The highest BCUT2D eigenvalue weighted by Gasteiger charge is 2.26. The molecule has 184 valence electrons. The third kappa shape index (κ3) is 6.49. The molecule has 0 spiro atoms. The van der Waals surface area contributed by atoms with E-state index in [0.29, 0.717) is 6.61 Å². The van der Waals surface area contributed by atoms with E-state index in [0.717, 1.165) is 58.5 Å². The Labute approximate surface area is 208 Å². The fourth-order valence-corrected chi connectivity index (χ4v) is 4.83. The van der Waals surface area contributed by atoms with Crippen molar-refractivity contribution < 1.29 is 19.1 Å². The molecule has 1 saturated carbocycles. The number of morpholine rings is 1. The highest BCUT2D eigenvalue weighted by Crippen LogP contribution is 2.26. The van der Waals surface area contributed by atoms with Crippen molar-refractivity contribution in [2.24, 2.45) is 0 Å². The van der Waals surface area contributed by atoms with Crippen molar-refractivity contribution in [3.8, 4) is 0 Å². The van der Waals surface area contributed by atoms with Gasteiger partial charge in [0.1, 0.15) is 5.69 Å². The van der Waals surface area contributed by atoms with E-state index in [9.17, 15) is 9.59 Å². The number of carbonyl (C=O) groups excluding carboxylic acids is 2. The summed E-state index contributed by atoms with van der Waals surface area (Å²) in [5, 5.41) is 12.7. The van der Waals surface area contributed by atoms with Crippen LogP contribution in [-0.4, -0.2) is 78.5 Å². The Kier molecular flexibility index (Phi) is 8.80. The lowest BCUT2D eigenvalue weighted by atomic mass is 9.93. The number of nitrogens with zero attached hydrogens (tertiary/aromatic N) is 2. The number of amides is 2.